The fourth-order valence-electron chi connectivity index (χ4n) is 2.03. The number of carbonyl (C=O) groups excluding carboxylic acids is 1. The molecule has 0 radical (unpaired) electrons. The smallest absolute Gasteiger partial charge is 0.273 e. The third-order valence-corrected chi connectivity index (χ3v) is 3.14. The Bertz CT molecular complexity index is 790. The molecule has 9 heteroatoms. The highest BCUT2D eigenvalue weighted by Crippen LogP contribution is 2.20. The molecule has 3 aromatic heterocycles. The number of nitrogens with one attached hydrogen (secondary N) is 1. The van der Waals surface area contributed by atoms with E-state index in [2.05, 4.69) is 20.6 Å². The van der Waals surface area contributed by atoms with Gasteiger partial charge < -0.3 is 18.8 Å². The van der Waals surface area contributed by atoms with Crippen LogP contribution in [0.15, 0.2) is 51.0 Å². The average molecular weight is 315 g/mol. The quantitative estimate of drug-likeness (QED) is 0.528. The predicted octanol–water partition coefficient (Wildman–Crippen LogP) is 2.35. The second-order valence-corrected chi connectivity index (χ2v) is 4.68. The Labute approximate surface area is 130 Å². The highest BCUT2D eigenvalue weighted by Gasteiger charge is 2.14. The summed E-state index contributed by atoms with van der Waals surface area (Å²) < 4.78 is 11.8. The number of hydrogen-bond donors (Lipinski definition) is 1. The lowest BCUT2D eigenvalue weighted by molar-refractivity contribution is 0.0944. The number of aromatic nitrogens is 3. The first-order valence-electron chi connectivity index (χ1n) is 6.91. The lowest BCUT2D eigenvalue weighted by atomic mass is 10.3. The molecule has 0 unspecified atom stereocenters. The molecule has 0 aromatic carbocycles. The topological polar surface area (TPSA) is 116 Å². The molecule has 3 aromatic rings. The second kappa shape index (κ2) is 6.69. The van der Waals surface area contributed by atoms with Crippen molar-refractivity contribution in [2.24, 2.45) is 5.18 Å². The summed E-state index contributed by atoms with van der Waals surface area (Å²) in [7, 11) is 0. The van der Waals surface area contributed by atoms with Crippen molar-refractivity contribution in [3.05, 3.63) is 47.5 Å². The monoisotopic (exact) mass is 315 g/mol. The van der Waals surface area contributed by atoms with Gasteiger partial charge in [-0.2, -0.15) is 0 Å². The molecule has 3 rings (SSSR count). The second-order valence-electron chi connectivity index (χ2n) is 4.68. The van der Waals surface area contributed by atoms with Gasteiger partial charge in [0.15, 0.2) is 11.5 Å². The molecule has 1 N–H and O–H groups in total. The van der Waals surface area contributed by atoms with E-state index >= 15 is 0 Å². The number of nitroso groups, excluding NO2 is 1. The van der Waals surface area contributed by atoms with Crippen LogP contribution < -0.4 is 5.32 Å². The maximum Gasteiger partial charge on any atom is 0.273 e. The fraction of sp³-hybridized carbons (Fsp3) is 0.214. The van der Waals surface area contributed by atoms with Gasteiger partial charge in [-0.05, 0) is 18.6 Å². The molecule has 0 spiro atoms. The molecule has 1 amide bonds. The predicted molar refractivity (Wildman–Crippen MR) is 78.8 cm³/mol. The highest BCUT2D eigenvalue weighted by atomic mass is 16.5. The summed E-state index contributed by atoms with van der Waals surface area (Å²) >= 11 is 0. The molecule has 0 aliphatic rings. The van der Waals surface area contributed by atoms with Crippen LogP contribution in [0.2, 0.25) is 0 Å². The molecule has 118 valence electrons. The van der Waals surface area contributed by atoms with Gasteiger partial charge in [0.2, 0.25) is 5.76 Å². The van der Waals surface area contributed by atoms with E-state index < -0.39 is 0 Å². The Morgan fingerprint density at radius 3 is 3.09 bits per heavy atom. The molecule has 23 heavy (non-hydrogen) atoms. The van der Waals surface area contributed by atoms with Crippen molar-refractivity contribution in [1.82, 2.24) is 20.0 Å². The van der Waals surface area contributed by atoms with E-state index in [0.29, 0.717) is 31.0 Å². The molecule has 0 saturated heterocycles. The zero-order chi connectivity index (χ0) is 16.1. The molecule has 0 aliphatic heterocycles. The van der Waals surface area contributed by atoms with E-state index in [1.807, 2.05) is 0 Å². The highest BCUT2D eigenvalue weighted by molar-refractivity contribution is 5.92. The fourth-order valence-corrected chi connectivity index (χ4v) is 2.03. The van der Waals surface area contributed by atoms with Crippen molar-refractivity contribution >= 4 is 11.9 Å². The van der Waals surface area contributed by atoms with Crippen molar-refractivity contribution in [3.8, 4) is 11.5 Å². The number of hydrogen-bond acceptors (Lipinski definition) is 7. The summed E-state index contributed by atoms with van der Waals surface area (Å²) in [6.45, 7) is 0.941. The van der Waals surface area contributed by atoms with E-state index in [0.717, 1.165) is 0 Å². The van der Waals surface area contributed by atoms with Crippen molar-refractivity contribution in [1.29, 1.82) is 0 Å². The number of nitrogens with zero attached hydrogens (tertiary/aromatic N) is 4. The molecule has 3 heterocycles. The van der Waals surface area contributed by atoms with Crippen molar-refractivity contribution in [2.75, 3.05) is 6.54 Å². The van der Waals surface area contributed by atoms with Gasteiger partial charge in [0, 0.05) is 36.7 Å². The molecule has 9 nitrogen and oxygen atoms in total. The van der Waals surface area contributed by atoms with E-state index in [9.17, 15) is 9.70 Å². The first kappa shape index (κ1) is 14.7. The number of carbonyl (C=O) groups is 1. The van der Waals surface area contributed by atoms with E-state index in [4.69, 9.17) is 8.94 Å². The van der Waals surface area contributed by atoms with Crippen LogP contribution in [0.25, 0.3) is 11.5 Å². The zero-order valence-corrected chi connectivity index (χ0v) is 12.0. The maximum atomic E-state index is 12.0. The van der Waals surface area contributed by atoms with Crippen LogP contribution in [0.1, 0.15) is 16.9 Å². The lowest BCUT2D eigenvalue weighted by Crippen LogP contribution is -2.25. The van der Waals surface area contributed by atoms with Crippen LogP contribution in [0, 0.1) is 4.91 Å². The van der Waals surface area contributed by atoms with Gasteiger partial charge in [0.1, 0.15) is 0 Å². The van der Waals surface area contributed by atoms with Crippen LogP contribution in [0.5, 0.6) is 0 Å². The van der Waals surface area contributed by atoms with Gasteiger partial charge >= 0.3 is 0 Å². The summed E-state index contributed by atoms with van der Waals surface area (Å²) in [6.07, 6.45) is 5.29. The summed E-state index contributed by atoms with van der Waals surface area (Å²) in [4.78, 5) is 26.2. The van der Waals surface area contributed by atoms with Crippen LogP contribution in [0.4, 0.5) is 5.95 Å². The van der Waals surface area contributed by atoms with Crippen LogP contribution in [0.3, 0.4) is 0 Å². The average Bonchev–Trinajstić information content (AvgIpc) is 3.31. The molecular formula is C14H13N5O4. The Kier molecular flexibility index (Phi) is 4.27. The Balaban J connectivity index is 1.49. The van der Waals surface area contributed by atoms with E-state index in [1.165, 1.54) is 18.5 Å². The Morgan fingerprint density at radius 1 is 1.39 bits per heavy atom. The molecule has 0 aliphatic carbocycles. The standard InChI is InChI=1S/C14H13N5O4/c20-13(10-9-12(23-18-10)11-3-1-8-22-11)15-4-2-6-19-7-5-16-14(19)17-21/h1,3,5,7-9H,2,4,6H2,(H,15,20). The zero-order valence-electron chi connectivity index (χ0n) is 12.0. The number of amides is 1. The molecule has 0 atom stereocenters. The normalized spacial score (nSPS) is 10.6. The van der Waals surface area contributed by atoms with Crippen LogP contribution in [-0.4, -0.2) is 27.2 Å². The number of furan rings is 1. The van der Waals surface area contributed by atoms with Gasteiger partial charge in [-0.1, -0.05) is 5.16 Å². The summed E-state index contributed by atoms with van der Waals surface area (Å²) in [6, 6.07) is 4.95. The molecule has 0 bridgehead atoms. The van der Waals surface area contributed by atoms with E-state index in [1.54, 1.807) is 22.9 Å². The van der Waals surface area contributed by atoms with Crippen molar-refractivity contribution < 1.29 is 13.7 Å². The minimum atomic E-state index is -0.342. The lowest BCUT2D eigenvalue weighted by Gasteiger charge is -2.04. The SMILES string of the molecule is O=Nc1nccn1CCCNC(=O)c1cc(-c2ccco2)on1. The van der Waals surface area contributed by atoms with Gasteiger partial charge in [-0.25, -0.2) is 4.98 Å². The van der Waals surface area contributed by atoms with Gasteiger partial charge in [-0.15, -0.1) is 4.91 Å². The van der Waals surface area contributed by atoms with E-state index in [-0.39, 0.29) is 17.5 Å². The summed E-state index contributed by atoms with van der Waals surface area (Å²) in [5, 5.41) is 9.23. The Morgan fingerprint density at radius 2 is 2.30 bits per heavy atom. The third kappa shape index (κ3) is 3.34. The summed E-state index contributed by atoms with van der Waals surface area (Å²) in [5.74, 6) is 0.674. The molecule has 0 fully saturated rings. The maximum absolute atomic E-state index is 12.0. The van der Waals surface area contributed by atoms with Crippen LogP contribution >= 0.6 is 0 Å². The van der Waals surface area contributed by atoms with Crippen molar-refractivity contribution in [2.45, 2.75) is 13.0 Å². The largest absolute Gasteiger partial charge is 0.461 e. The number of imidazole rings is 1. The molecular weight excluding hydrogens is 302 g/mol. The third-order valence-electron chi connectivity index (χ3n) is 3.14. The minimum absolute atomic E-state index is 0.121. The minimum Gasteiger partial charge on any atom is -0.461 e. The summed E-state index contributed by atoms with van der Waals surface area (Å²) in [5.41, 5.74) is 0.175. The van der Waals surface area contributed by atoms with Crippen LogP contribution in [-0.2, 0) is 6.54 Å². The molecule has 0 saturated carbocycles. The van der Waals surface area contributed by atoms with Crippen molar-refractivity contribution in [3.63, 3.8) is 0 Å². The number of aryl methyl sites for hydroxylation is 1. The first-order valence-corrected chi connectivity index (χ1v) is 6.91. The Hall–Kier alpha value is -3.23. The van der Waals surface area contributed by atoms with Gasteiger partial charge in [-0.3, -0.25) is 4.79 Å². The first-order chi connectivity index (χ1) is 11.3. The van der Waals surface area contributed by atoms with Gasteiger partial charge in [0.05, 0.1) is 6.26 Å². The number of rotatable bonds is 7. The van der Waals surface area contributed by atoms with Gasteiger partial charge in [0.25, 0.3) is 11.9 Å².